The van der Waals surface area contributed by atoms with Crippen LogP contribution in [0.25, 0.3) is 0 Å². The van der Waals surface area contributed by atoms with Crippen molar-refractivity contribution in [2.75, 3.05) is 19.7 Å². The summed E-state index contributed by atoms with van der Waals surface area (Å²) in [6.45, 7) is 5.72. The molecule has 4 nitrogen and oxygen atoms in total. The second kappa shape index (κ2) is 7.62. The molecule has 1 saturated heterocycles. The average Bonchev–Trinajstić information content (AvgIpc) is 2.46. The molecule has 20 heavy (non-hydrogen) atoms. The van der Waals surface area contributed by atoms with E-state index in [1.54, 1.807) is 0 Å². The van der Waals surface area contributed by atoms with Gasteiger partial charge in [0, 0.05) is 6.54 Å². The highest BCUT2D eigenvalue weighted by Crippen LogP contribution is 2.22. The molecule has 2 atom stereocenters. The van der Waals surface area contributed by atoms with Crippen LogP contribution in [0.3, 0.4) is 0 Å². The van der Waals surface area contributed by atoms with E-state index in [9.17, 15) is 4.79 Å². The van der Waals surface area contributed by atoms with Crippen LogP contribution in [0.15, 0.2) is 30.3 Å². The van der Waals surface area contributed by atoms with Crippen molar-refractivity contribution < 1.29 is 9.53 Å². The second-order valence-corrected chi connectivity index (χ2v) is 5.32. The van der Waals surface area contributed by atoms with E-state index in [-0.39, 0.29) is 30.3 Å². The van der Waals surface area contributed by atoms with Crippen LogP contribution in [0.5, 0.6) is 0 Å². The zero-order chi connectivity index (χ0) is 13.8. The quantitative estimate of drug-likeness (QED) is 0.928. The number of benzene rings is 1. The molecule has 0 aliphatic carbocycles. The SMILES string of the molecule is CC(C)[C@@H](N)C(=O)N1CCOC(c2ccccc2)C1.Cl. The number of nitrogens with two attached hydrogens (primary N) is 1. The highest BCUT2D eigenvalue weighted by atomic mass is 35.5. The predicted molar refractivity (Wildman–Crippen MR) is 81.8 cm³/mol. The summed E-state index contributed by atoms with van der Waals surface area (Å²) in [7, 11) is 0. The molecular weight excluding hydrogens is 276 g/mol. The van der Waals surface area contributed by atoms with Gasteiger partial charge in [-0.1, -0.05) is 44.2 Å². The fourth-order valence-corrected chi connectivity index (χ4v) is 2.21. The van der Waals surface area contributed by atoms with Crippen molar-refractivity contribution in [3.63, 3.8) is 0 Å². The maximum Gasteiger partial charge on any atom is 0.239 e. The normalized spacial score (nSPS) is 20.4. The maximum absolute atomic E-state index is 12.3. The number of ether oxygens (including phenoxy) is 1. The highest BCUT2D eigenvalue weighted by Gasteiger charge is 2.29. The number of amides is 1. The fraction of sp³-hybridized carbons (Fsp3) is 0.533. The lowest BCUT2D eigenvalue weighted by Crippen LogP contribution is -2.51. The molecule has 0 saturated carbocycles. The highest BCUT2D eigenvalue weighted by molar-refractivity contribution is 5.85. The third-order valence-corrected chi connectivity index (χ3v) is 3.55. The van der Waals surface area contributed by atoms with Crippen LogP contribution in [0.1, 0.15) is 25.5 Å². The molecule has 1 fully saturated rings. The lowest BCUT2D eigenvalue weighted by Gasteiger charge is -2.35. The van der Waals surface area contributed by atoms with E-state index in [0.29, 0.717) is 19.7 Å². The second-order valence-electron chi connectivity index (χ2n) is 5.32. The Bertz CT molecular complexity index is 425. The van der Waals surface area contributed by atoms with Crippen molar-refractivity contribution in [3.8, 4) is 0 Å². The Morgan fingerprint density at radius 2 is 2.00 bits per heavy atom. The van der Waals surface area contributed by atoms with E-state index in [1.807, 2.05) is 49.1 Å². The molecule has 1 amide bonds. The Hall–Kier alpha value is -1.10. The van der Waals surface area contributed by atoms with Gasteiger partial charge in [0.2, 0.25) is 5.91 Å². The molecule has 1 heterocycles. The number of rotatable bonds is 3. The van der Waals surface area contributed by atoms with E-state index in [1.165, 1.54) is 0 Å². The van der Waals surface area contributed by atoms with E-state index in [2.05, 4.69) is 0 Å². The van der Waals surface area contributed by atoms with Crippen molar-refractivity contribution in [1.82, 2.24) is 4.90 Å². The Morgan fingerprint density at radius 1 is 1.35 bits per heavy atom. The Labute approximate surface area is 126 Å². The van der Waals surface area contributed by atoms with E-state index < -0.39 is 6.04 Å². The average molecular weight is 299 g/mol. The Kier molecular flexibility index (Phi) is 6.46. The third kappa shape index (κ3) is 3.95. The van der Waals surface area contributed by atoms with E-state index in [4.69, 9.17) is 10.5 Å². The first-order chi connectivity index (χ1) is 9.09. The molecule has 0 bridgehead atoms. The van der Waals surface area contributed by atoms with Crippen molar-refractivity contribution in [1.29, 1.82) is 0 Å². The number of nitrogens with zero attached hydrogens (tertiary/aromatic N) is 1. The van der Waals surface area contributed by atoms with Crippen LogP contribution in [0, 0.1) is 5.92 Å². The zero-order valence-corrected chi connectivity index (χ0v) is 12.8. The lowest BCUT2D eigenvalue weighted by molar-refractivity contribution is -0.141. The molecule has 1 aliphatic rings. The van der Waals surface area contributed by atoms with Gasteiger partial charge in [0.1, 0.15) is 6.10 Å². The van der Waals surface area contributed by atoms with Crippen molar-refractivity contribution in [2.24, 2.45) is 11.7 Å². The summed E-state index contributed by atoms with van der Waals surface area (Å²) < 4.78 is 5.75. The van der Waals surface area contributed by atoms with Crippen LogP contribution in [-0.4, -0.2) is 36.5 Å². The molecular formula is C15H23ClN2O2. The fourth-order valence-electron chi connectivity index (χ4n) is 2.21. The summed E-state index contributed by atoms with van der Waals surface area (Å²) in [5.74, 6) is 0.185. The summed E-state index contributed by atoms with van der Waals surface area (Å²) in [4.78, 5) is 14.1. The Morgan fingerprint density at radius 3 is 2.60 bits per heavy atom. The number of morpholine rings is 1. The monoisotopic (exact) mass is 298 g/mol. The molecule has 1 unspecified atom stereocenters. The first kappa shape index (κ1) is 17.0. The van der Waals surface area contributed by atoms with Gasteiger partial charge in [-0.3, -0.25) is 4.79 Å². The van der Waals surface area contributed by atoms with E-state index in [0.717, 1.165) is 5.56 Å². The van der Waals surface area contributed by atoms with Gasteiger partial charge in [-0.25, -0.2) is 0 Å². The number of hydrogen-bond donors (Lipinski definition) is 1. The van der Waals surface area contributed by atoms with Gasteiger partial charge in [0.05, 0.1) is 19.2 Å². The summed E-state index contributed by atoms with van der Waals surface area (Å²) in [5.41, 5.74) is 7.05. The van der Waals surface area contributed by atoms with Crippen LogP contribution in [-0.2, 0) is 9.53 Å². The standard InChI is InChI=1S/C15H22N2O2.ClH/c1-11(2)14(16)15(18)17-8-9-19-13(10-17)12-6-4-3-5-7-12;/h3-7,11,13-14H,8-10,16H2,1-2H3;1H/t13?,14-;/m1./s1. The molecule has 2 N–H and O–H groups in total. The summed E-state index contributed by atoms with van der Waals surface area (Å²) in [6, 6.07) is 9.58. The smallest absolute Gasteiger partial charge is 0.239 e. The van der Waals surface area contributed by atoms with Crippen LogP contribution in [0.2, 0.25) is 0 Å². The topological polar surface area (TPSA) is 55.6 Å². The Balaban J connectivity index is 0.00000200. The van der Waals surface area contributed by atoms with Gasteiger partial charge in [-0.05, 0) is 11.5 Å². The number of halogens is 1. The first-order valence-corrected chi connectivity index (χ1v) is 6.80. The molecule has 1 aliphatic heterocycles. The van der Waals surface area contributed by atoms with Gasteiger partial charge in [0.25, 0.3) is 0 Å². The molecule has 0 radical (unpaired) electrons. The minimum absolute atomic E-state index is 0. The maximum atomic E-state index is 12.3. The van der Waals surface area contributed by atoms with E-state index >= 15 is 0 Å². The van der Waals surface area contributed by atoms with Gasteiger partial charge in [0.15, 0.2) is 0 Å². The number of hydrogen-bond acceptors (Lipinski definition) is 3. The zero-order valence-electron chi connectivity index (χ0n) is 12.0. The van der Waals surface area contributed by atoms with Gasteiger partial charge in [-0.2, -0.15) is 0 Å². The van der Waals surface area contributed by atoms with Gasteiger partial charge >= 0.3 is 0 Å². The van der Waals surface area contributed by atoms with Crippen molar-refractivity contribution in [2.45, 2.75) is 26.0 Å². The summed E-state index contributed by atoms with van der Waals surface area (Å²) in [5, 5.41) is 0. The molecule has 1 aromatic carbocycles. The summed E-state index contributed by atoms with van der Waals surface area (Å²) >= 11 is 0. The molecule has 5 heteroatoms. The first-order valence-electron chi connectivity index (χ1n) is 6.80. The van der Waals surface area contributed by atoms with Crippen molar-refractivity contribution >= 4 is 18.3 Å². The van der Waals surface area contributed by atoms with Crippen LogP contribution in [0.4, 0.5) is 0 Å². The van der Waals surface area contributed by atoms with Crippen molar-refractivity contribution in [3.05, 3.63) is 35.9 Å². The number of carbonyl (C=O) groups is 1. The summed E-state index contributed by atoms with van der Waals surface area (Å²) in [6.07, 6.45) is -0.0433. The lowest BCUT2D eigenvalue weighted by atomic mass is 10.0. The van der Waals surface area contributed by atoms with Gasteiger partial charge in [-0.15, -0.1) is 12.4 Å². The molecule has 1 aromatic rings. The molecule has 0 aromatic heterocycles. The predicted octanol–water partition coefficient (Wildman–Crippen LogP) is 1.99. The molecule has 0 spiro atoms. The van der Waals surface area contributed by atoms with Crippen LogP contribution >= 0.6 is 12.4 Å². The minimum Gasteiger partial charge on any atom is -0.370 e. The van der Waals surface area contributed by atoms with Crippen LogP contribution < -0.4 is 5.73 Å². The van der Waals surface area contributed by atoms with Gasteiger partial charge < -0.3 is 15.4 Å². The number of carbonyl (C=O) groups excluding carboxylic acids is 1. The third-order valence-electron chi connectivity index (χ3n) is 3.55. The molecule has 2 rings (SSSR count). The minimum atomic E-state index is -0.422. The largest absolute Gasteiger partial charge is 0.370 e. The molecule has 112 valence electrons.